The zero-order chi connectivity index (χ0) is 13.2. The minimum atomic E-state index is 0.720. The number of nitrogen functional groups attached to an aromatic ring is 1. The number of nitrogens with two attached hydrogens (primary N) is 1. The zero-order valence-corrected chi connectivity index (χ0v) is 10.7. The van der Waals surface area contributed by atoms with Crippen molar-refractivity contribution >= 4 is 16.6 Å². The average Bonchev–Trinajstić information content (AvgIpc) is 2.82. The summed E-state index contributed by atoms with van der Waals surface area (Å²) in [6.07, 6.45) is 5.40. The molecule has 2 N–H and O–H groups in total. The number of aryl methyl sites for hydroxylation is 1. The Bertz CT molecular complexity index is 717. The summed E-state index contributed by atoms with van der Waals surface area (Å²) < 4.78 is 1.80. The van der Waals surface area contributed by atoms with Gasteiger partial charge in [0.25, 0.3) is 0 Å². The Morgan fingerprint density at radius 2 is 2.11 bits per heavy atom. The van der Waals surface area contributed by atoms with E-state index in [1.54, 1.807) is 11.0 Å². The molecule has 0 spiro atoms. The van der Waals surface area contributed by atoms with Gasteiger partial charge in [-0.15, -0.1) is 0 Å². The van der Waals surface area contributed by atoms with E-state index < -0.39 is 0 Å². The molecule has 3 aromatic rings. The van der Waals surface area contributed by atoms with Crippen molar-refractivity contribution in [1.29, 1.82) is 0 Å². The van der Waals surface area contributed by atoms with Crippen LogP contribution in [-0.4, -0.2) is 19.7 Å². The van der Waals surface area contributed by atoms with E-state index in [1.165, 1.54) is 0 Å². The van der Waals surface area contributed by atoms with Crippen LogP contribution < -0.4 is 5.73 Å². The molecular formula is C14H15N5. The molecule has 5 heteroatoms. The first kappa shape index (κ1) is 11.6. The van der Waals surface area contributed by atoms with Crippen LogP contribution in [0.15, 0.2) is 36.8 Å². The standard InChI is InChI=1S/C14H15N5/c1-2-3-12-7-14(17-9-16-12)19-13-6-11(15)5-4-10(13)8-18-19/h4-9H,2-3,15H2,1H3. The van der Waals surface area contributed by atoms with Crippen LogP contribution in [0.3, 0.4) is 0 Å². The van der Waals surface area contributed by atoms with Crippen molar-refractivity contribution in [3.63, 3.8) is 0 Å². The number of anilines is 1. The third-order valence-corrected chi connectivity index (χ3v) is 3.03. The summed E-state index contributed by atoms with van der Waals surface area (Å²) in [5.41, 5.74) is 8.54. The quantitative estimate of drug-likeness (QED) is 0.727. The lowest BCUT2D eigenvalue weighted by atomic mass is 10.2. The Hall–Kier alpha value is -2.43. The van der Waals surface area contributed by atoms with E-state index in [9.17, 15) is 0 Å². The molecule has 96 valence electrons. The number of fused-ring (bicyclic) bond motifs is 1. The van der Waals surface area contributed by atoms with Crippen LogP contribution >= 0.6 is 0 Å². The van der Waals surface area contributed by atoms with Gasteiger partial charge in [0, 0.05) is 22.8 Å². The van der Waals surface area contributed by atoms with Gasteiger partial charge in [-0.05, 0) is 24.6 Å². The van der Waals surface area contributed by atoms with E-state index in [1.807, 2.05) is 30.5 Å². The molecule has 0 aliphatic carbocycles. The summed E-state index contributed by atoms with van der Waals surface area (Å²) in [7, 11) is 0. The SMILES string of the molecule is CCCc1cc(-n2ncc3ccc(N)cc32)ncn1. The molecule has 0 saturated heterocycles. The van der Waals surface area contributed by atoms with E-state index in [0.29, 0.717) is 0 Å². The summed E-state index contributed by atoms with van der Waals surface area (Å²) in [5.74, 6) is 0.777. The number of aromatic nitrogens is 4. The molecule has 0 fully saturated rings. The van der Waals surface area contributed by atoms with Crippen LogP contribution in [0, 0.1) is 0 Å². The van der Waals surface area contributed by atoms with Gasteiger partial charge in [0.1, 0.15) is 6.33 Å². The molecule has 0 saturated carbocycles. The third kappa shape index (κ3) is 2.14. The van der Waals surface area contributed by atoms with Crippen molar-refractivity contribution in [1.82, 2.24) is 19.7 Å². The van der Waals surface area contributed by atoms with Gasteiger partial charge < -0.3 is 5.73 Å². The van der Waals surface area contributed by atoms with E-state index in [0.717, 1.165) is 40.9 Å². The lowest BCUT2D eigenvalue weighted by Gasteiger charge is -2.04. The average molecular weight is 253 g/mol. The first-order chi connectivity index (χ1) is 9.28. The Balaban J connectivity index is 2.13. The highest BCUT2D eigenvalue weighted by atomic mass is 15.3. The zero-order valence-electron chi connectivity index (χ0n) is 10.7. The number of rotatable bonds is 3. The second kappa shape index (κ2) is 4.68. The van der Waals surface area contributed by atoms with Crippen molar-refractivity contribution in [2.24, 2.45) is 0 Å². The molecule has 0 aliphatic heterocycles. The van der Waals surface area contributed by atoms with Gasteiger partial charge in [-0.2, -0.15) is 5.10 Å². The fourth-order valence-electron chi connectivity index (χ4n) is 2.11. The minimum Gasteiger partial charge on any atom is -0.399 e. The monoisotopic (exact) mass is 253 g/mol. The Morgan fingerprint density at radius 3 is 2.95 bits per heavy atom. The van der Waals surface area contributed by atoms with Gasteiger partial charge in [0.2, 0.25) is 0 Å². The molecule has 1 aromatic carbocycles. The Labute approximate surface area is 111 Å². The second-order valence-corrected chi connectivity index (χ2v) is 4.49. The molecule has 0 atom stereocenters. The van der Waals surface area contributed by atoms with Crippen LogP contribution in [0.4, 0.5) is 5.69 Å². The van der Waals surface area contributed by atoms with E-state index in [2.05, 4.69) is 22.0 Å². The van der Waals surface area contributed by atoms with Crippen molar-refractivity contribution < 1.29 is 0 Å². The van der Waals surface area contributed by atoms with Crippen molar-refractivity contribution in [2.45, 2.75) is 19.8 Å². The molecule has 2 aromatic heterocycles. The maximum absolute atomic E-state index is 5.83. The first-order valence-electron chi connectivity index (χ1n) is 6.32. The molecule has 0 radical (unpaired) electrons. The lowest BCUT2D eigenvalue weighted by Crippen LogP contribution is -2.02. The second-order valence-electron chi connectivity index (χ2n) is 4.49. The van der Waals surface area contributed by atoms with E-state index >= 15 is 0 Å². The molecule has 0 bridgehead atoms. The molecular weight excluding hydrogens is 238 g/mol. The van der Waals surface area contributed by atoms with Gasteiger partial charge in [-0.25, -0.2) is 14.6 Å². The first-order valence-corrected chi connectivity index (χ1v) is 6.32. The highest BCUT2D eigenvalue weighted by Crippen LogP contribution is 2.19. The molecule has 5 nitrogen and oxygen atoms in total. The van der Waals surface area contributed by atoms with Crippen molar-refractivity contribution in [3.8, 4) is 5.82 Å². The van der Waals surface area contributed by atoms with E-state index in [4.69, 9.17) is 5.73 Å². The fourth-order valence-corrected chi connectivity index (χ4v) is 2.11. The van der Waals surface area contributed by atoms with Gasteiger partial charge in [-0.1, -0.05) is 13.3 Å². The van der Waals surface area contributed by atoms with Gasteiger partial charge in [-0.3, -0.25) is 0 Å². The lowest BCUT2D eigenvalue weighted by molar-refractivity contribution is 0.828. The van der Waals surface area contributed by atoms with Gasteiger partial charge in [0.05, 0.1) is 11.7 Å². The highest BCUT2D eigenvalue weighted by Gasteiger charge is 2.07. The third-order valence-electron chi connectivity index (χ3n) is 3.03. The van der Waals surface area contributed by atoms with Gasteiger partial charge in [0.15, 0.2) is 5.82 Å². The highest BCUT2D eigenvalue weighted by molar-refractivity contribution is 5.83. The molecule has 2 heterocycles. The summed E-state index contributed by atoms with van der Waals surface area (Å²) in [4.78, 5) is 8.55. The number of hydrogen-bond acceptors (Lipinski definition) is 4. The molecule has 3 rings (SSSR count). The van der Waals surface area contributed by atoms with Crippen LogP contribution in [-0.2, 0) is 6.42 Å². The fraction of sp³-hybridized carbons (Fsp3) is 0.214. The molecule has 0 unspecified atom stereocenters. The smallest absolute Gasteiger partial charge is 0.157 e. The predicted octanol–water partition coefficient (Wildman–Crippen LogP) is 2.35. The van der Waals surface area contributed by atoms with Crippen molar-refractivity contribution in [2.75, 3.05) is 5.73 Å². The number of nitrogens with zero attached hydrogens (tertiary/aromatic N) is 4. The van der Waals surface area contributed by atoms with Crippen molar-refractivity contribution in [3.05, 3.63) is 42.5 Å². The number of benzene rings is 1. The van der Waals surface area contributed by atoms with Crippen LogP contribution in [0.25, 0.3) is 16.7 Å². The Kier molecular flexibility index (Phi) is 2.87. The van der Waals surface area contributed by atoms with E-state index in [-0.39, 0.29) is 0 Å². The summed E-state index contributed by atoms with van der Waals surface area (Å²) in [6.45, 7) is 2.13. The number of hydrogen-bond donors (Lipinski definition) is 1. The summed E-state index contributed by atoms with van der Waals surface area (Å²) in [6, 6.07) is 7.71. The maximum Gasteiger partial charge on any atom is 0.157 e. The predicted molar refractivity (Wildman–Crippen MR) is 75.1 cm³/mol. The normalized spacial score (nSPS) is 11.0. The largest absolute Gasteiger partial charge is 0.399 e. The maximum atomic E-state index is 5.83. The minimum absolute atomic E-state index is 0.720. The van der Waals surface area contributed by atoms with Crippen LogP contribution in [0.5, 0.6) is 0 Å². The van der Waals surface area contributed by atoms with Gasteiger partial charge >= 0.3 is 0 Å². The topological polar surface area (TPSA) is 69.6 Å². The molecule has 19 heavy (non-hydrogen) atoms. The summed E-state index contributed by atoms with van der Waals surface area (Å²) >= 11 is 0. The molecule has 0 aliphatic rings. The summed E-state index contributed by atoms with van der Waals surface area (Å²) in [5, 5.41) is 5.42. The van der Waals surface area contributed by atoms with Crippen LogP contribution in [0.2, 0.25) is 0 Å². The molecule has 0 amide bonds. The van der Waals surface area contributed by atoms with Crippen LogP contribution in [0.1, 0.15) is 19.0 Å². The Morgan fingerprint density at radius 1 is 1.21 bits per heavy atom.